The molecule has 0 spiro atoms. The molecule has 1 aliphatic rings. The third-order valence-electron chi connectivity index (χ3n) is 3.23. The van der Waals surface area contributed by atoms with Gasteiger partial charge in [0.2, 0.25) is 0 Å². The maximum atomic E-state index is 12.2. The lowest BCUT2D eigenvalue weighted by molar-refractivity contribution is -0.148. The third-order valence-corrected chi connectivity index (χ3v) is 3.23. The first-order valence-electron chi connectivity index (χ1n) is 8.07. The summed E-state index contributed by atoms with van der Waals surface area (Å²) in [4.78, 5) is 25.3. The first-order chi connectivity index (χ1) is 10.7. The van der Waals surface area contributed by atoms with E-state index in [4.69, 9.17) is 18.9 Å². The molecule has 7 nitrogen and oxygen atoms in total. The van der Waals surface area contributed by atoms with Crippen LogP contribution in [0.4, 0.5) is 4.79 Å². The molecule has 0 aromatic rings. The van der Waals surface area contributed by atoms with Crippen LogP contribution in [0.2, 0.25) is 0 Å². The van der Waals surface area contributed by atoms with Crippen molar-refractivity contribution >= 4 is 12.1 Å². The van der Waals surface area contributed by atoms with Crippen LogP contribution in [0.5, 0.6) is 0 Å². The van der Waals surface area contributed by atoms with Gasteiger partial charge in [-0.1, -0.05) is 0 Å². The fraction of sp³-hybridized carbons (Fsp3) is 0.875. The molecule has 0 N–H and O–H groups in total. The highest BCUT2D eigenvalue weighted by molar-refractivity contribution is 5.78. The predicted octanol–water partition coefficient (Wildman–Crippen LogP) is 2.33. The minimum absolute atomic E-state index is 0.124. The van der Waals surface area contributed by atoms with E-state index in [9.17, 15) is 9.59 Å². The molecular formula is C16H29NO6. The number of ether oxygens (including phenoxy) is 4. The van der Waals surface area contributed by atoms with Gasteiger partial charge >= 0.3 is 12.1 Å². The predicted molar refractivity (Wildman–Crippen MR) is 84.0 cm³/mol. The molecule has 0 aromatic heterocycles. The first kappa shape index (κ1) is 19.7. The first-order valence-corrected chi connectivity index (χ1v) is 8.07. The Kier molecular flexibility index (Phi) is 7.28. The number of rotatable bonds is 7. The highest BCUT2D eigenvalue weighted by Crippen LogP contribution is 2.24. The Bertz CT molecular complexity index is 398. The fourth-order valence-electron chi connectivity index (χ4n) is 2.22. The molecule has 0 bridgehead atoms. The minimum Gasteiger partial charge on any atom is -0.465 e. The maximum absolute atomic E-state index is 12.2. The van der Waals surface area contributed by atoms with Crippen molar-refractivity contribution in [3.8, 4) is 0 Å². The van der Waals surface area contributed by atoms with Gasteiger partial charge in [-0.25, -0.2) is 4.79 Å². The number of esters is 1. The van der Waals surface area contributed by atoms with Gasteiger partial charge < -0.3 is 18.9 Å². The van der Waals surface area contributed by atoms with Gasteiger partial charge in [-0.2, -0.15) is 0 Å². The Morgan fingerprint density at radius 2 is 1.83 bits per heavy atom. The molecule has 0 radical (unpaired) electrons. The Morgan fingerprint density at radius 1 is 1.22 bits per heavy atom. The lowest BCUT2D eigenvalue weighted by Crippen LogP contribution is -2.41. The summed E-state index contributed by atoms with van der Waals surface area (Å²) >= 11 is 0. The zero-order valence-corrected chi connectivity index (χ0v) is 14.8. The maximum Gasteiger partial charge on any atom is 0.410 e. The highest BCUT2D eigenvalue weighted by atomic mass is 16.7. The normalized spacial score (nSPS) is 16.9. The number of amides is 1. The monoisotopic (exact) mass is 331 g/mol. The van der Waals surface area contributed by atoms with Crippen LogP contribution in [-0.2, 0) is 23.7 Å². The molecule has 0 aromatic carbocycles. The van der Waals surface area contributed by atoms with Crippen molar-refractivity contribution in [2.75, 3.05) is 32.9 Å². The largest absolute Gasteiger partial charge is 0.465 e. The highest BCUT2D eigenvalue weighted by Gasteiger charge is 2.31. The Balaban J connectivity index is 2.55. The van der Waals surface area contributed by atoms with Crippen LogP contribution in [-0.4, -0.2) is 61.3 Å². The van der Waals surface area contributed by atoms with Crippen LogP contribution >= 0.6 is 0 Å². The number of hydrogen-bond donors (Lipinski definition) is 0. The molecule has 134 valence electrons. The SMILES string of the molecule is CCOC(=O)CN(CCCC1(C)OCCO1)C(=O)OC(C)(C)C. The summed E-state index contributed by atoms with van der Waals surface area (Å²) in [5, 5.41) is 0. The fourth-order valence-corrected chi connectivity index (χ4v) is 2.22. The molecule has 1 amide bonds. The quantitative estimate of drug-likeness (QED) is 0.667. The number of nitrogens with zero attached hydrogens (tertiary/aromatic N) is 1. The van der Waals surface area contributed by atoms with Crippen molar-refractivity contribution in [1.82, 2.24) is 4.90 Å². The van der Waals surface area contributed by atoms with Gasteiger partial charge in [0.1, 0.15) is 12.1 Å². The summed E-state index contributed by atoms with van der Waals surface area (Å²) in [6, 6.07) is 0. The van der Waals surface area contributed by atoms with E-state index < -0.39 is 23.5 Å². The molecule has 0 unspecified atom stereocenters. The molecular weight excluding hydrogens is 302 g/mol. The van der Waals surface area contributed by atoms with E-state index >= 15 is 0 Å². The number of carbonyl (C=O) groups excluding carboxylic acids is 2. The van der Waals surface area contributed by atoms with Crippen LogP contribution in [0.25, 0.3) is 0 Å². The number of hydrogen-bond acceptors (Lipinski definition) is 6. The summed E-state index contributed by atoms with van der Waals surface area (Å²) in [5.41, 5.74) is -0.617. The smallest absolute Gasteiger partial charge is 0.410 e. The van der Waals surface area contributed by atoms with Gasteiger partial charge in [0, 0.05) is 13.0 Å². The third kappa shape index (κ3) is 7.65. The Morgan fingerprint density at radius 3 is 2.35 bits per heavy atom. The summed E-state index contributed by atoms with van der Waals surface area (Å²) < 4.78 is 21.3. The molecule has 1 fully saturated rings. The lowest BCUT2D eigenvalue weighted by atomic mass is 10.1. The molecule has 0 saturated carbocycles. The van der Waals surface area contributed by atoms with Crippen LogP contribution in [0.1, 0.15) is 47.5 Å². The van der Waals surface area contributed by atoms with Crippen LogP contribution in [0.15, 0.2) is 0 Å². The van der Waals surface area contributed by atoms with Crippen molar-refractivity contribution in [1.29, 1.82) is 0 Å². The molecule has 0 atom stereocenters. The standard InChI is InChI=1S/C16H29NO6/c1-6-20-13(18)12-17(14(19)23-15(2,3)4)9-7-8-16(5)21-10-11-22-16/h6-12H2,1-5H3. The van der Waals surface area contributed by atoms with Gasteiger partial charge in [-0.3, -0.25) is 9.69 Å². The van der Waals surface area contributed by atoms with Gasteiger partial charge in [-0.15, -0.1) is 0 Å². The van der Waals surface area contributed by atoms with Gasteiger partial charge in [0.25, 0.3) is 0 Å². The van der Waals surface area contributed by atoms with Crippen LogP contribution in [0, 0.1) is 0 Å². The van der Waals surface area contributed by atoms with Crippen LogP contribution < -0.4 is 0 Å². The lowest BCUT2D eigenvalue weighted by Gasteiger charge is -2.28. The molecule has 1 aliphatic heterocycles. The zero-order chi connectivity index (χ0) is 17.5. The van der Waals surface area contributed by atoms with E-state index in [0.29, 0.717) is 32.6 Å². The second kappa shape index (κ2) is 8.49. The Labute approximate surface area is 138 Å². The molecule has 1 saturated heterocycles. The van der Waals surface area contributed by atoms with E-state index in [2.05, 4.69) is 0 Å². The molecule has 23 heavy (non-hydrogen) atoms. The number of carbonyl (C=O) groups is 2. The minimum atomic E-state index is -0.617. The van der Waals surface area contributed by atoms with Gasteiger partial charge in [0.05, 0.1) is 19.8 Å². The van der Waals surface area contributed by atoms with E-state index in [1.54, 1.807) is 27.7 Å². The topological polar surface area (TPSA) is 74.3 Å². The van der Waals surface area contributed by atoms with Crippen molar-refractivity contribution < 1.29 is 28.5 Å². The molecule has 0 aliphatic carbocycles. The second-order valence-electron chi connectivity index (χ2n) is 6.64. The summed E-state index contributed by atoms with van der Waals surface area (Å²) in [5.74, 6) is -1.05. The average Bonchev–Trinajstić information content (AvgIpc) is 2.83. The van der Waals surface area contributed by atoms with Crippen LogP contribution in [0.3, 0.4) is 0 Å². The van der Waals surface area contributed by atoms with Gasteiger partial charge in [0.15, 0.2) is 5.79 Å². The van der Waals surface area contributed by atoms with Crippen molar-refractivity contribution in [2.45, 2.75) is 58.8 Å². The van der Waals surface area contributed by atoms with E-state index in [-0.39, 0.29) is 13.2 Å². The van der Waals surface area contributed by atoms with E-state index in [1.807, 2.05) is 6.92 Å². The second-order valence-corrected chi connectivity index (χ2v) is 6.64. The van der Waals surface area contributed by atoms with Gasteiger partial charge in [-0.05, 0) is 41.0 Å². The molecule has 1 rings (SSSR count). The summed E-state index contributed by atoms with van der Waals surface area (Å²) in [6.45, 7) is 10.6. The average molecular weight is 331 g/mol. The Hall–Kier alpha value is -1.34. The summed E-state index contributed by atoms with van der Waals surface area (Å²) in [7, 11) is 0. The zero-order valence-electron chi connectivity index (χ0n) is 14.8. The van der Waals surface area contributed by atoms with Crippen molar-refractivity contribution in [2.24, 2.45) is 0 Å². The molecule has 7 heteroatoms. The van der Waals surface area contributed by atoms with Crippen molar-refractivity contribution in [3.63, 3.8) is 0 Å². The van der Waals surface area contributed by atoms with E-state index in [0.717, 1.165) is 0 Å². The molecule has 1 heterocycles. The van der Waals surface area contributed by atoms with E-state index in [1.165, 1.54) is 4.90 Å². The summed E-state index contributed by atoms with van der Waals surface area (Å²) in [6.07, 6.45) is 0.744. The van der Waals surface area contributed by atoms with Crippen molar-refractivity contribution in [3.05, 3.63) is 0 Å².